The molecule has 3 aromatic rings. The Morgan fingerprint density at radius 2 is 1.71 bits per heavy atom. The number of amides is 2. The van der Waals surface area contributed by atoms with Crippen LogP contribution in [-0.2, 0) is 4.79 Å². The molecule has 2 aliphatic rings. The smallest absolute Gasteiger partial charge is 0.253 e. The Balaban J connectivity index is 1.24. The van der Waals surface area contributed by atoms with E-state index in [2.05, 4.69) is 26.9 Å². The van der Waals surface area contributed by atoms with Crippen molar-refractivity contribution in [2.24, 2.45) is 5.92 Å². The molecule has 1 aromatic heterocycles. The molecule has 7 heteroatoms. The number of carbonyl (C=O) groups excluding carboxylic acids is 2. The van der Waals surface area contributed by atoms with Crippen LogP contribution in [0.4, 0.5) is 0 Å². The molecule has 2 fully saturated rings. The Morgan fingerprint density at radius 1 is 0.968 bits per heavy atom. The quantitative estimate of drug-likeness (QED) is 0.494. The first-order valence-corrected chi connectivity index (χ1v) is 12.4. The third-order valence-electron chi connectivity index (χ3n) is 6.35. The zero-order valence-electron chi connectivity index (χ0n) is 17.2. The zero-order chi connectivity index (χ0) is 21.4. The number of aromatic nitrogens is 1. The van der Waals surface area contributed by atoms with Crippen LogP contribution in [0, 0.1) is 5.92 Å². The van der Waals surface area contributed by atoms with Crippen molar-refractivity contribution in [1.29, 1.82) is 0 Å². The van der Waals surface area contributed by atoms with Crippen molar-refractivity contribution in [3.63, 3.8) is 0 Å². The summed E-state index contributed by atoms with van der Waals surface area (Å²) in [5, 5.41) is 1.05. The van der Waals surface area contributed by atoms with Gasteiger partial charge in [-0.15, -0.1) is 11.3 Å². The number of hydrogen-bond acceptors (Lipinski definition) is 4. The van der Waals surface area contributed by atoms with Gasteiger partial charge >= 0.3 is 0 Å². The van der Waals surface area contributed by atoms with Gasteiger partial charge in [0, 0.05) is 35.6 Å². The molecule has 0 bridgehead atoms. The van der Waals surface area contributed by atoms with Crippen molar-refractivity contribution < 1.29 is 9.59 Å². The summed E-state index contributed by atoms with van der Waals surface area (Å²) >= 11 is 5.11. The third-order valence-corrected chi connectivity index (χ3v) is 8.02. The monoisotopic (exact) mass is 497 g/mol. The van der Waals surface area contributed by atoms with Gasteiger partial charge in [0.2, 0.25) is 5.91 Å². The number of carbonyl (C=O) groups is 2. The van der Waals surface area contributed by atoms with E-state index in [1.54, 1.807) is 11.3 Å². The Kier molecular flexibility index (Phi) is 5.80. The predicted octanol–water partition coefficient (Wildman–Crippen LogP) is 5.27. The van der Waals surface area contributed by atoms with E-state index in [0.717, 1.165) is 47.2 Å². The summed E-state index contributed by atoms with van der Waals surface area (Å²) in [4.78, 5) is 34.9. The van der Waals surface area contributed by atoms with Gasteiger partial charge in [-0.25, -0.2) is 4.98 Å². The fourth-order valence-corrected chi connectivity index (χ4v) is 6.04. The van der Waals surface area contributed by atoms with Crippen molar-refractivity contribution in [3.8, 4) is 0 Å². The van der Waals surface area contributed by atoms with Gasteiger partial charge < -0.3 is 9.80 Å². The van der Waals surface area contributed by atoms with E-state index in [4.69, 9.17) is 4.98 Å². The molecule has 1 atom stereocenters. The van der Waals surface area contributed by atoms with E-state index in [1.807, 2.05) is 47.4 Å². The molecule has 0 saturated carbocycles. The second kappa shape index (κ2) is 8.71. The van der Waals surface area contributed by atoms with E-state index in [1.165, 1.54) is 4.70 Å². The molecule has 0 radical (unpaired) electrons. The number of benzene rings is 2. The topological polar surface area (TPSA) is 53.5 Å². The molecule has 2 saturated heterocycles. The fraction of sp³-hybridized carbons (Fsp3) is 0.375. The standard InChI is InChI=1S/C24H24BrN3O2S/c25-18-9-7-16(8-10-18)23(29)27-14-11-17(12-15-27)24(30)28-13-3-5-20(28)22-26-19-4-1-2-6-21(19)31-22/h1-2,4,6-10,17,20H,3,5,11-15H2/t20-/m0/s1. The van der Waals surface area contributed by atoms with Crippen LogP contribution in [0.15, 0.2) is 53.0 Å². The molecular weight excluding hydrogens is 474 g/mol. The molecule has 0 aliphatic carbocycles. The van der Waals surface area contributed by atoms with Crippen LogP contribution in [0.5, 0.6) is 0 Å². The van der Waals surface area contributed by atoms with Crippen LogP contribution < -0.4 is 0 Å². The number of piperidine rings is 1. The van der Waals surface area contributed by atoms with Crippen LogP contribution in [0.1, 0.15) is 47.1 Å². The first kappa shape index (κ1) is 20.6. The molecule has 0 N–H and O–H groups in total. The molecule has 31 heavy (non-hydrogen) atoms. The number of rotatable bonds is 3. The van der Waals surface area contributed by atoms with E-state index in [9.17, 15) is 9.59 Å². The maximum Gasteiger partial charge on any atom is 0.253 e. The highest BCUT2D eigenvalue weighted by Crippen LogP contribution is 2.38. The molecule has 2 aliphatic heterocycles. The normalized spacial score (nSPS) is 19.8. The zero-order valence-corrected chi connectivity index (χ0v) is 19.6. The minimum Gasteiger partial charge on any atom is -0.339 e. The SMILES string of the molecule is O=C(c1ccc(Br)cc1)N1CCC(C(=O)N2CCC[C@H]2c2nc3ccccc3s2)CC1. The van der Waals surface area contributed by atoms with Gasteiger partial charge in [0.25, 0.3) is 5.91 Å². The summed E-state index contributed by atoms with van der Waals surface area (Å²) in [5.74, 6) is 0.272. The second-order valence-corrected chi connectivity index (χ2v) is 10.3. The number of hydrogen-bond donors (Lipinski definition) is 0. The van der Waals surface area contributed by atoms with Crippen LogP contribution >= 0.6 is 27.3 Å². The summed E-state index contributed by atoms with van der Waals surface area (Å²) < 4.78 is 2.14. The molecule has 2 amide bonds. The number of fused-ring (bicyclic) bond motifs is 1. The summed E-state index contributed by atoms with van der Waals surface area (Å²) in [5.41, 5.74) is 1.71. The van der Waals surface area contributed by atoms with Crippen molar-refractivity contribution in [3.05, 3.63) is 63.6 Å². The van der Waals surface area contributed by atoms with E-state index < -0.39 is 0 Å². The maximum atomic E-state index is 13.4. The first-order valence-electron chi connectivity index (χ1n) is 10.8. The average molecular weight is 498 g/mol. The average Bonchev–Trinajstić information content (AvgIpc) is 3.45. The van der Waals surface area contributed by atoms with Gasteiger partial charge in [0.15, 0.2) is 0 Å². The lowest BCUT2D eigenvalue weighted by molar-refractivity contribution is -0.137. The van der Waals surface area contributed by atoms with E-state index >= 15 is 0 Å². The lowest BCUT2D eigenvalue weighted by Gasteiger charge is -2.34. The van der Waals surface area contributed by atoms with Crippen LogP contribution in [-0.4, -0.2) is 46.2 Å². The minimum atomic E-state index is -0.0102. The van der Waals surface area contributed by atoms with Crippen LogP contribution in [0.3, 0.4) is 0 Å². The molecule has 2 aromatic carbocycles. The van der Waals surface area contributed by atoms with E-state index in [0.29, 0.717) is 18.7 Å². The van der Waals surface area contributed by atoms with Crippen molar-refractivity contribution >= 4 is 49.3 Å². The summed E-state index contributed by atoms with van der Waals surface area (Å²) in [7, 11) is 0. The lowest BCUT2D eigenvalue weighted by atomic mass is 9.94. The van der Waals surface area contributed by atoms with Gasteiger partial charge in [-0.2, -0.15) is 0 Å². The van der Waals surface area contributed by atoms with Crippen molar-refractivity contribution in [1.82, 2.24) is 14.8 Å². The molecule has 160 valence electrons. The minimum absolute atomic E-state index is 0.0102. The number of halogens is 1. The first-order chi connectivity index (χ1) is 15.1. The number of nitrogens with zero attached hydrogens (tertiary/aromatic N) is 3. The molecule has 3 heterocycles. The number of para-hydroxylation sites is 1. The largest absolute Gasteiger partial charge is 0.339 e. The summed E-state index contributed by atoms with van der Waals surface area (Å²) in [6, 6.07) is 15.7. The lowest BCUT2D eigenvalue weighted by Crippen LogP contribution is -2.44. The highest BCUT2D eigenvalue weighted by molar-refractivity contribution is 9.10. The second-order valence-electron chi connectivity index (χ2n) is 8.28. The number of likely N-dealkylation sites (tertiary alicyclic amines) is 2. The summed E-state index contributed by atoms with van der Waals surface area (Å²) in [6.07, 6.45) is 3.45. The summed E-state index contributed by atoms with van der Waals surface area (Å²) in [6.45, 7) is 2.06. The highest BCUT2D eigenvalue weighted by atomic mass is 79.9. The highest BCUT2D eigenvalue weighted by Gasteiger charge is 2.37. The van der Waals surface area contributed by atoms with Crippen LogP contribution in [0.25, 0.3) is 10.2 Å². The van der Waals surface area contributed by atoms with Gasteiger partial charge in [0.1, 0.15) is 5.01 Å². The number of thiazole rings is 1. The Bertz CT molecular complexity index is 1070. The Morgan fingerprint density at radius 3 is 2.45 bits per heavy atom. The van der Waals surface area contributed by atoms with Gasteiger partial charge in [-0.1, -0.05) is 28.1 Å². The molecular formula is C24H24BrN3O2S. The van der Waals surface area contributed by atoms with E-state index in [-0.39, 0.29) is 23.8 Å². The molecule has 5 nitrogen and oxygen atoms in total. The van der Waals surface area contributed by atoms with Gasteiger partial charge in [-0.3, -0.25) is 9.59 Å². The van der Waals surface area contributed by atoms with Gasteiger partial charge in [0.05, 0.1) is 16.3 Å². The third kappa shape index (κ3) is 4.13. The Labute approximate surface area is 194 Å². The molecule has 0 unspecified atom stereocenters. The molecule has 0 spiro atoms. The van der Waals surface area contributed by atoms with Gasteiger partial charge in [-0.05, 0) is 62.1 Å². The Hall–Kier alpha value is -2.25. The van der Waals surface area contributed by atoms with Crippen molar-refractivity contribution in [2.45, 2.75) is 31.7 Å². The van der Waals surface area contributed by atoms with Crippen LogP contribution in [0.2, 0.25) is 0 Å². The fourth-order valence-electron chi connectivity index (χ4n) is 4.66. The predicted molar refractivity (Wildman–Crippen MR) is 126 cm³/mol. The van der Waals surface area contributed by atoms with Crippen molar-refractivity contribution in [2.75, 3.05) is 19.6 Å². The maximum absolute atomic E-state index is 13.4. The molecule has 5 rings (SSSR count).